The molecule has 0 fully saturated rings. The van der Waals surface area contributed by atoms with Crippen molar-refractivity contribution in [3.8, 4) is 0 Å². The van der Waals surface area contributed by atoms with E-state index in [0.717, 1.165) is 19.4 Å². The Morgan fingerprint density at radius 2 is 2.00 bits per heavy atom. The zero-order valence-corrected chi connectivity index (χ0v) is 13.4. The van der Waals surface area contributed by atoms with Gasteiger partial charge in [0.2, 0.25) is 5.91 Å². The Morgan fingerprint density at radius 1 is 1.32 bits per heavy atom. The van der Waals surface area contributed by atoms with E-state index in [0.29, 0.717) is 4.57 Å². The number of carbonyl (C=O) groups excluding carboxylic acids is 3. The van der Waals surface area contributed by atoms with Gasteiger partial charge >= 0.3 is 23.2 Å². The number of imide groups is 1. The number of nitro groups is 1. The van der Waals surface area contributed by atoms with Gasteiger partial charge in [-0.25, -0.2) is 9.59 Å². The summed E-state index contributed by atoms with van der Waals surface area (Å²) in [7, 11) is 2.49. The fourth-order valence-electron chi connectivity index (χ4n) is 1.73. The molecule has 0 unspecified atom stereocenters. The largest absolute Gasteiger partial charge is 0.465 e. The van der Waals surface area contributed by atoms with Crippen LogP contribution in [0.4, 0.5) is 10.5 Å². The predicted molar refractivity (Wildman–Crippen MR) is 82.1 cm³/mol. The highest BCUT2D eigenvalue weighted by atomic mass is 16.6. The molecule has 0 spiro atoms. The molecule has 136 valence electrons. The van der Waals surface area contributed by atoms with Crippen LogP contribution in [0.25, 0.3) is 0 Å². The zero-order chi connectivity index (χ0) is 19.0. The van der Waals surface area contributed by atoms with Crippen molar-refractivity contribution in [1.29, 1.82) is 0 Å². The number of aromatic nitrogens is 1. The number of amides is 3. The number of ether oxygens (including phenoxy) is 2. The molecule has 25 heavy (non-hydrogen) atoms. The van der Waals surface area contributed by atoms with E-state index in [2.05, 4.69) is 10.1 Å². The van der Waals surface area contributed by atoms with Gasteiger partial charge in [-0.3, -0.25) is 29.6 Å². The second-order valence-corrected chi connectivity index (χ2v) is 4.59. The first-order valence-corrected chi connectivity index (χ1v) is 6.84. The van der Waals surface area contributed by atoms with Crippen molar-refractivity contribution in [3.05, 3.63) is 38.3 Å². The highest BCUT2D eigenvalue weighted by Gasteiger charge is 2.21. The molecule has 12 nitrogen and oxygen atoms in total. The van der Waals surface area contributed by atoms with Gasteiger partial charge in [0, 0.05) is 25.9 Å². The number of hydrogen-bond donors (Lipinski definition) is 2. The van der Waals surface area contributed by atoms with E-state index >= 15 is 0 Å². The summed E-state index contributed by atoms with van der Waals surface area (Å²) >= 11 is 0. The highest BCUT2D eigenvalue weighted by molar-refractivity contribution is 5.94. The molecule has 0 bridgehead atoms. The molecule has 1 aromatic rings. The molecule has 0 radical (unpaired) electrons. The Bertz CT molecular complexity index is 742. The van der Waals surface area contributed by atoms with Crippen LogP contribution in [0.2, 0.25) is 0 Å². The molecule has 0 atom stereocenters. The Balaban J connectivity index is 2.96. The molecular formula is C13H16N4O8. The normalized spacial score (nSPS) is 10.0. The van der Waals surface area contributed by atoms with E-state index < -0.39 is 40.6 Å². The third-order valence-corrected chi connectivity index (χ3v) is 2.84. The smallest absolute Gasteiger partial charge is 0.339 e. The molecule has 0 aromatic carbocycles. The first-order valence-electron chi connectivity index (χ1n) is 6.84. The minimum Gasteiger partial charge on any atom is -0.465 e. The maximum atomic E-state index is 12.0. The summed E-state index contributed by atoms with van der Waals surface area (Å²) in [4.78, 5) is 56.7. The monoisotopic (exact) mass is 356 g/mol. The number of nitrogens with zero attached hydrogens (tertiary/aromatic N) is 2. The van der Waals surface area contributed by atoms with E-state index in [-0.39, 0.29) is 18.7 Å². The van der Waals surface area contributed by atoms with Gasteiger partial charge in [-0.15, -0.1) is 0 Å². The first kappa shape index (κ1) is 19.8. The third-order valence-electron chi connectivity index (χ3n) is 2.84. The first-order chi connectivity index (χ1) is 11.8. The number of urea groups is 1. The highest BCUT2D eigenvalue weighted by Crippen LogP contribution is 2.09. The second kappa shape index (κ2) is 9.12. The van der Waals surface area contributed by atoms with Gasteiger partial charge in [0.25, 0.3) is 0 Å². The maximum Gasteiger partial charge on any atom is 0.339 e. The summed E-state index contributed by atoms with van der Waals surface area (Å²) < 4.78 is 9.79. The topological polar surface area (TPSA) is 159 Å². The van der Waals surface area contributed by atoms with Crippen molar-refractivity contribution in [2.45, 2.75) is 6.54 Å². The quantitative estimate of drug-likeness (QED) is 0.273. The number of nitrogens with one attached hydrogen (secondary N) is 2. The molecule has 0 aliphatic carbocycles. The summed E-state index contributed by atoms with van der Waals surface area (Å²) in [6, 6.07) is -0.0752. The maximum absolute atomic E-state index is 12.0. The lowest BCUT2D eigenvalue weighted by Gasteiger charge is -2.09. The van der Waals surface area contributed by atoms with E-state index in [4.69, 9.17) is 4.74 Å². The fraction of sp³-hybridized carbons (Fsp3) is 0.385. The standard InChI is InChI=1S/C13H16N4O8/c1-24-4-3-14-13(21)15-10(18)7-16-6-8(12(20)25-2)5-9(11(16)19)17(22)23/h5-6H,3-4,7H2,1-2H3,(H2,14,15,18,21). The van der Waals surface area contributed by atoms with Crippen LogP contribution in [0.3, 0.4) is 0 Å². The van der Waals surface area contributed by atoms with Gasteiger partial charge in [0.05, 0.1) is 24.2 Å². The molecule has 1 aromatic heterocycles. The Labute approximate surface area is 140 Å². The number of hydrogen-bond acceptors (Lipinski definition) is 8. The van der Waals surface area contributed by atoms with Crippen LogP contribution in [-0.2, 0) is 20.8 Å². The van der Waals surface area contributed by atoms with Crippen LogP contribution >= 0.6 is 0 Å². The summed E-state index contributed by atoms with van der Waals surface area (Å²) in [6.45, 7) is -0.324. The van der Waals surface area contributed by atoms with Crippen LogP contribution in [0, 0.1) is 10.1 Å². The van der Waals surface area contributed by atoms with Crippen molar-refractivity contribution in [2.24, 2.45) is 0 Å². The van der Waals surface area contributed by atoms with Crippen molar-refractivity contribution in [2.75, 3.05) is 27.4 Å². The van der Waals surface area contributed by atoms with Gasteiger partial charge < -0.3 is 14.8 Å². The van der Waals surface area contributed by atoms with Crippen LogP contribution in [-0.4, -0.2) is 54.8 Å². The van der Waals surface area contributed by atoms with Crippen LogP contribution in [0.5, 0.6) is 0 Å². The number of esters is 1. The molecule has 0 aliphatic rings. The molecule has 1 rings (SSSR count). The number of carbonyl (C=O) groups is 3. The van der Waals surface area contributed by atoms with Gasteiger partial charge in [-0.1, -0.05) is 0 Å². The van der Waals surface area contributed by atoms with E-state index in [9.17, 15) is 29.3 Å². The lowest BCUT2D eigenvalue weighted by molar-refractivity contribution is -0.386. The summed E-state index contributed by atoms with van der Waals surface area (Å²) in [5.74, 6) is -1.83. The molecule has 3 amide bonds. The van der Waals surface area contributed by atoms with Crippen LogP contribution in [0.15, 0.2) is 17.1 Å². The third kappa shape index (κ3) is 5.69. The van der Waals surface area contributed by atoms with E-state index in [1.165, 1.54) is 7.11 Å². The second-order valence-electron chi connectivity index (χ2n) is 4.59. The minimum atomic E-state index is -1.10. The number of methoxy groups -OCH3 is 2. The molecular weight excluding hydrogens is 340 g/mol. The summed E-state index contributed by atoms with van der Waals surface area (Å²) in [5.41, 5.74) is -2.29. The van der Waals surface area contributed by atoms with Gasteiger partial charge in [0.1, 0.15) is 6.54 Å². The van der Waals surface area contributed by atoms with Crippen LogP contribution in [0.1, 0.15) is 10.4 Å². The Hall–Kier alpha value is -3.28. The predicted octanol–water partition coefficient (Wildman–Crippen LogP) is -0.985. The SMILES string of the molecule is COCCNC(=O)NC(=O)Cn1cc(C(=O)OC)cc([N+](=O)[O-])c1=O. The van der Waals surface area contributed by atoms with Crippen molar-refractivity contribution >= 4 is 23.6 Å². The minimum absolute atomic E-state index is 0.152. The van der Waals surface area contributed by atoms with Crippen molar-refractivity contribution in [1.82, 2.24) is 15.2 Å². The van der Waals surface area contributed by atoms with E-state index in [1.54, 1.807) is 0 Å². The Morgan fingerprint density at radius 3 is 2.56 bits per heavy atom. The molecule has 0 saturated heterocycles. The molecule has 12 heteroatoms. The van der Waals surface area contributed by atoms with Crippen molar-refractivity contribution < 1.29 is 28.8 Å². The summed E-state index contributed by atoms with van der Waals surface area (Å²) in [5, 5.41) is 15.2. The lowest BCUT2D eigenvalue weighted by atomic mass is 10.2. The summed E-state index contributed by atoms with van der Waals surface area (Å²) in [6.07, 6.45) is 0.934. The lowest BCUT2D eigenvalue weighted by Crippen LogP contribution is -2.43. The van der Waals surface area contributed by atoms with Gasteiger partial charge in [-0.05, 0) is 0 Å². The molecule has 2 N–H and O–H groups in total. The van der Waals surface area contributed by atoms with Gasteiger partial charge in [0.15, 0.2) is 0 Å². The average Bonchev–Trinajstić information content (AvgIpc) is 2.55. The molecule has 1 heterocycles. The fourth-order valence-corrected chi connectivity index (χ4v) is 1.73. The zero-order valence-electron chi connectivity index (χ0n) is 13.4. The number of pyridine rings is 1. The molecule has 0 saturated carbocycles. The average molecular weight is 356 g/mol. The number of rotatable bonds is 7. The molecule has 0 aliphatic heterocycles. The van der Waals surface area contributed by atoms with E-state index in [1.807, 2.05) is 5.32 Å². The van der Waals surface area contributed by atoms with Gasteiger partial charge in [-0.2, -0.15) is 0 Å². The van der Waals surface area contributed by atoms with Crippen molar-refractivity contribution in [3.63, 3.8) is 0 Å². The van der Waals surface area contributed by atoms with Crippen LogP contribution < -0.4 is 16.2 Å². The Kier molecular flexibility index (Phi) is 7.21.